The fourth-order valence-corrected chi connectivity index (χ4v) is 2.28. The van der Waals surface area contributed by atoms with Crippen LogP contribution in [-0.4, -0.2) is 39.8 Å². The number of rotatable bonds is 8. The Kier molecular flexibility index (Phi) is 5.76. The van der Waals surface area contributed by atoms with Gasteiger partial charge in [-0.05, 0) is 13.3 Å². The summed E-state index contributed by atoms with van der Waals surface area (Å²) in [5, 5.41) is -0.223. The van der Waals surface area contributed by atoms with E-state index in [4.69, 9.17) is 21.1 Å². The molecule has 0 aromatic carbocycles. The first-order valence-electron chi connectivity index (χ1n) is 7.16. The van der Waals surface area contributed by atoms with Crippen molar-refractivity contribution in [2.45, 2.75) is 38.6 Å². The van der Waals surface area contributed by atoms with Gasteiger partial charge in [0.2, 0.25) is 5.88 Å². The van der Waals surface area contributed by atoms with Gasteiger partial charge < -0.3 is 14.0 Å². The average Bonchev–Trinajstić information content (AvgIpc) is 2.86. The molecule has 0 radical (unpaired) electrons. The standard InChI is InChI=1S/C14H21ClN4O2/c1-4-5-7-21-8-6-19-12(10(2)15)18-11-13(19)16-9-17-14(11)20-3/h9-10H,4-8H2,1-3H3. The second-order valence-corrected chi connectivity index (χ2v) is 5.41. The summed E-state index contributed by atoms with van der Waals surface area (Å²) in [6, 6.07) is 0. The van der Waals surface area contributed by atoms with E-state index in [1.54, 1.807) is 7.11 Å². The molecule has 0 amide bonds. The zero-order chi connectivity index (χ0) is 15.2. The lowest BCUT2D eigenvalue weighted by molar-refractivity contribution is 0.123. The Bertz CT molecular complexity index is 586. The van der Waals surface area contributed by atoms with Gasteiger partial charge in [-0.2, -0.15) is 4.98 Å². The van der Waals surface area contributed by atoms with Crippen LogP contribution in [0.5, 0.6) is 5.88 Å². The third-order valence-electron chi connectivity index (χ3n) is 3.18. The van der Waals surface area contributed by atoms with E-state index in [0.29, 0.717) is 24.5 Å². The maximum Gasteiger partial charge on any atom is 0.245 e. The summed E-state index contributed by atoms with van der Waals surface area (Å²) in [6.07, 6.45) is 3.67. The molecular formula is C14H21ClN4O2. The first kappa shape index (κ1) is 16.0. The Morgan fingerprint density at radius 3 is 2.81 bits per heavy atom. The van der Waals surface area contributed by atoms with Crippen LogP contribution in [0.4, 0.5) is 0 Å². The lowest BCUT2D eigenvalue weighted by atomic mass is 10.4. The van der Waals surface area contributed by atoms with Gasteiger partial charge in [-0.3, -0.25) is 0 Å². The van der Waals surface area contributed by atoms with Crippen LogP contribution in [0.3, 0.4) is 0 Å². The zero-order valence-corrected chi connectivity index (χ0v) is 13.4. The Hall–Kier alpha value is -1.40. The highest BCUT2D eigenvalue weighted by Gasteiger charge is 2.19. The van der Waals surface area contributed by atoms with Crippen LogP contribution in [0.25, 0.3) is 11.2 Å². The highest BCUT2D eigenvalue weighted by Crippen LogP contribution is 2.27. The van der Waals surface area contributed by atoms with Gasteiger partial charge >= 0.3 is 0 Å². The zero-order valence-electron chi connectivity index (χ0n) is 12.7. The lowest BCUT2D eigenvalue weighted by Gasteiger charge is -2.10. The summed E-state index contributed by atoms with van der Waals surface area (Å²) in [4.78, 5) is 12.9. The smallest absolute Gasteiger partial charge is 0.245 e. The lowest BCUT2D eigenvalue weighted by Crippen LogP contribution is -2.11. The fourth-order valence-electron chi connectivity index (χ4n) is 2.11. The second kappa shape index (κ2) is 7.56. The number of nitrogens with zero attached hydrogens (tertiary/aromatic N) is 4. The van der Waals surface area contributed by atoms with E-state index in [0.717, 1.165) is 30.9 Å². The van der Waals surface area contributed by atoms with Gasteiger partial charge in [0.25, 0.3) is 0 Å². The maximum atomic E-state index is 6.22. The monoisotopic (exact) mass is 312 g/mol. The number of hydrogen-bond acceptors (Lipinski definition) is 5. The fraction of sp³-hybridized carbons (Fsp3) is 0.643. The van der Waals surface area contributed by atoms with Crippen molar-refractivity contribution >= 4 is 22.8 Å². The van der Waals surface area contributed by atoms with Crippen molar-refractivity contribution < 1.29 is 9.47 Å². The third-order valence-corrected chi connectivity index (χ3v) is 3.37. The van der Waals surface area contributed by atoms with Crippen LogP contribution < -0.4 is 4.74 Å². The van der Waals surface area contributed by atoms with Gasteiger partial charge in [0.05, 0.1) is 19.1 Å². The minimum Gasteiger partial charge on any atom is -0.479 e. The van der Waals surface area contributed by atoms with Crippen molar-refractivity contribution in [3.63, 3.8) is 0 Å². The first-order valence-corrected chi connectivity index (χ1v) is 7.59. The molecule has 7 heteroatoms. The number of aromatic nitrogens is 4. The summed E-state index contributed by atoms with van der Waals surface area (Å²) in [5.41, 5.74) is 1.36. The number of ether oxygens (including phenoxy) is 2. The number of unbranched alkanes of at least 4 members (excludes halogenated alkanes) is 1. The molecule has 0 aliphatic heterocycles. The predicted octanol–water partition coefficient (Wildman–Crippen LogP) is 2.95. The van der Waals surface area contributed by atoms with Gasteiger partial charge in [-0.1, -0.05) is 13.3 Å². The van der Waals surface area contributed by atoms with Crippen LogP contribution >= 0.6 is 11.6 Å². The highest BCUT2D eigenvalue weighted by atomic mass is 35.5. The summed E-state index contributed by atoms with van der Waals surface area (Å²) in [6.45, 7) is 6.06. The molecule has 0 saturated carbocycles. The van der Waals surface area contributed by atoms with Gasteiger partial charge in [0.15, 0.2) is 11.2 Å². The number of alkyl halides is 1. The quantitative estimate of drug-likeness (QED) is 0.554. The molecule has 0 aliphatic carbocycles. The topological polar surface area (TPSA) is 62.1 Å². The van der Waals surface area contributed by atoms with E-state index >= 15 is 0 Å². The molecule has 6 nitrogen and oxygen atoms in total. The van der Waals surface area contributed by atoms with Crippen molar-refractivity contribution in [1.82, 2.24) is 19.5 Å². The number of halogens is 1. The van der Waals surface area contributed by atoms with Crippen molar-refractivity contribution in [3.05, 3.63) is 12.2 Å². The molecule has 21 heavy (non-hydrogen) atoms. The summed E-state index contributed by atoms with van der Waals surface area (Å²) < 4.78 is 12.8. The van der Waals surface area contributed by atoms with E-state index in [-0.39, 0.29) is 5.38 Å². The van der Waals surface area contributed by atoms with Crippen molar-refractivity contribution in [1.29, 1.82) is 0 Å². The molecular weight excluding hydrogens is 292 g/mol. The van der Waals surface area contributed by atoms with Crippen LogP contribution in [-0.2, 0) is 11.3 Å². The molecule has 2 rings (SSSR count). The Balaban J connectivity index is 2.25. The molecule has 1 atom stereocenters. The minimum atomic E-state index is -0.223. The Labute approximate surface area is 129 Å². The molecule has 0 saturated heterocycles. The maximum absolute atomic E-state index is 6.22. The van der Waals surface area contributed by atoms with E-state index in [1.807, 2.05) is 11.5 Å². The van der Waals surface area contributed by atoms with Crippen LogP contribution in [0.1, 0.15) is 37.9 Å². The van der Waals surface area contributed by atoms with Crippen molar-refractivity contribution in [2.24, 2.45) is 0 Å². The van der Waals surface area contributed by atoms with E-state index in [1.165, 1.54) is 6.33 Å². The molecule has 0 spiro atoms. The molecule has 0 bridgehead atoms. The molecule has 2 heterocycles. The van der Waals surface area contributed by atoms with Gasteiger partial charge in [0.1, 0.15) is 12.2 Å². The SMILES string of the molecule is CCCCOCCn1c(C(C)Cl)nc2c(OC)ncnc21. The average molecular weight is 313 g/mol. The van der Waals surface area contributed by atoms with Crippen LogP contribution in [0.2, 0.25) is 0 Å². The molecule has 2 aromatic heterocycles. The van der Waals surface area contributed by atoms with E-state index in [9.17, 15) is 0 Å². The Morgan fingerprint density at radius 1 is 1.33 bits per heavy atom. The van der Waals surface area contributed by atoms with Gasteiger partial charge in [0, 0.05) is 13.2 Å². The molecule has 2 aromatic rings. The molecule has 0 aliphatic rings. The van der Waals surface area contributed by atoms with Crippen LogP contribution in [0.15, 0.2) is 6.33 Å². The summed E-state index contributed by atoms with van der Waals surface area (Å²) in [5.74, 6) is 1.22. The van der Waals surface area contributed by atoms with Crippen molar-refractivity contribution in [2.75, 3.05) is 20.3 Å². The van der Waals surface area contributed by atoms with E-state index in [2.05, 4.69) is 21.9 Å². The summed E-state index contributed by atoms with van der Waals surface area (Å²) in [7, 11) is 1.57. The number of methoxy groups -OCH3 is 1. The molecule has 0 fully saturated rings. The normalized spacial score (nSPS) is 12.8. The third kappa shape index (κ3) is 3.63. The molecule has 116 valence electrons. The Morgan fingerprint density at radius 2 is 2.14 bits per heavy atom. The number of hydrogen-bond donors (Lipinski definition) is 0. The predicted molar refractivity (Wildman–Crippen MR) is 81.9 cm³/mol. The van der Waals surface area contributed by atoms with Crippen molar-refractivity contribution in [3.8, 4) is 5.88 Å². The second-order valence-electron chi connectivity index (χ2n) is 4.76. The highest BCUT2D eigenvalue weighted by molar-refractivity contribution is 6.20. The van der Waals surface area contributed by atoms with Gasteiger partial charge in [-0.15, -0.1) is 11.6 Å². The molecule has 1 unspecified atom stereocenters. The number of fused-ring (bicyclic) bond motifs is 1. The minimum absolute atomic E-state index is 0.223. The number of imidazole rings is 1. The first-order chi connectivity index (χ1) is 10.2. The summed E-state index contributed by atoms with van der Waals surface area (Å²) >= 11 is 6.22. The van der Waals surface area contributed by atoms with E-state index < -0.39 is 0 Å². The van der Waals surface area contributed by atoms with Crippen LogP contribution in [0, 0.1) is 0 Å². The largest absolute Gasteiger partial charge is 0.479 e. The molecule has 0 N–H and O–H groups in total. The van der Waals surface area contributed by atoms with Gasteiger partial charge in [-0.25, -0.2) is 9.97 Å².